The largest absolute Gasteiger partial charge is 0.368 e. The number of nitrogens with zero attached hydrogens (tertiary/aromatic N) is 6. The lowest BCUT2D eigenvalue weighted by molar-refractivity contribution is -0.132. The molecule has 2 aromatic heterocycles. The average molecular weight is 605 g/mol. The van der Waals surface area contributed by atoms with Crippen molar-refractivity contribution in [2.75, 3.05) is 56.0 Å². The molecule has 11 heteroatoms. The number of anilines is 2. The van der Waals surface area contributed by atoms with Crippen LogP contribution in [0.4, 0.5) is 15.8 Å². The van der Waals surface area contributed by atoms with Crippen molar-refractivity contribution in [2.45, 2.75) is 6.42 Å². The fourth-order valence-electron chi connectivity index (χ4n) is 6.15. The summed E-state index contributed by atoms with van der Waals surface area (Å²) in [6.07, 6.45) is 5.80. The number of benzene rings is 3. The van der Waals surface area contributed by atoms with Gasteiger partial charge in [0.25, 0.3) is 0 Å². The molecule has 2 saturated heterocycles. The summed E-state index contributed by atoms with van der Waals surface area (Å²) in [5, 5.41) is 11.3. The summed E-state index contributed by atoms with van der Waals surface area (Å²) in [7, 11) is 0. The zero-order valence-electron chi connectivity index (χ0n) is 24.7. The fraction of sp³-hybridized carbons (Fsp3) is 0.265. The first-order chi connectivity index (χ1) is 22.0. The Labute approximate surface area is 259 Å². The highest BCUT2D eigenvalue weighted by molar-refractivity contribution is 5.99. The molecule has 0 unspecified atom stereocenters. The van der Waals surface area contributed by atoms with Crippen molar-refractivity contribution in [1.29, 1.82) is 0 Å². The van der Waals surface area contributed by atoms with Gasteiger partial charge in [0, 0.05) is 73.0 Å². The third-order valence-corrected chi connectivity index (χ3v) is 8.67. The van der Waals surface area contributed by atoms with Gasteiger partial charge in [0.1, 0.15) is 5.82 Å². The lowest BCUT2D eigenvalue weighted by Crippen LogP contribution is -2.51. The van der Waals surface area contributed by atoms with E-state index in [-0.39, 0.29) is 23.5 Å². The van der Waals surface area contributed by atoms with E-state index in [1.165, 1.54) is 12.1 Å². The van der Waals surface area contributed by atoms with Gasteiger partial charge in [-0.15, -0.1) is 0 Å². The van der Waals surface area contributed by atoms with Gasteiger partial charge in [-0.25, -0.2) is 4.39 Å². The van der Waals surface area contributed by atoms with Gasteiger partial charge in [-0.05, 0) is 67.6 Å². The molecule has 3 aromatic carbocycles. The molecule has 2 fully saturated rings. The second-order valence-electron chi connectivity index (χ2n) is 11.6. The Morgan fingerprint density at radius 3 is 2.44 bits per heavy atom. The molecule has 2 amide bonds. The van der Waals surface area contributed by atoms with Gasteiger partial charge in [-0.2, -0.15) is 5.10 Å². The minimum absolute atomic E-state index is 0.0601. The van der Waals surface area contributed by atoms with Gasteiger partial charge in [-0.1, -0.05) is 12.1 Å². The van der Waals surface area contributed by atoms with E-state index in [9.17, 15) is 14.0 Å². The Hall–Kier alpha value is -5.16. The summed E-state index contributed by atoms with van der Waals surface area (Å²) in [5.41, 5.74) is 5.98. The highest BCUT2D eigenvalue weighted by Crippen LogP contribution is 2.29. The van der Waals surface area contributed by atoms with Crippen LogP contribution in [-0.4, -0.2) is 87.6 Å². The molecule has 228 valence electrons. The van der Waals surface area contributed by atoms with E-state index in [0.717, 1.165) is 46.5 Å². The summed E-state index contributed by atoms with van der Waals surface area (Å²) < 4.78 is 13.4. The van der Waals surface area contributed by atoms with Crippen LogP contribution in [-0.2, 0) is 9.59 Å². The number of hydrogen-bond acceptors (Lipinski definition) is 7. The second kappa shape index (κ2) is 12.4. The maximum Gasteiger partial charge on any atom is 0.236 e. The predicted octanol–water partition coefficient (Wildman–Crippen LogP) is 4.44. The molecule has 2 aliphatic heterocycles. The molecule has 0 bridgehead atoms. The molecule has 2 aliphatic rings. The zero-order chi connectivity index (χ0) is 30.8. The van der Waals surface area contributed by atoms with Crippen LogP contribution in [0.2, 0.25) is 0 Å². The number of nitrogens with one attached hydrogen (secondary N) is 2. The van der Waals surface area contributed by atoms with Gasteiger partial charge in [0.15, 0.2) is 0 Å². The highest BCUT2D eigenvalue weighted by Gasteiger charge is 2.31. The number of amides is 2. The number of aromatic amines is 1. The summed E-state index contributed by atoms with van der Waals surface area (Å²) in [6.45, 7) is 4.44. The standard InChI is InChI=1S/C34H33FN8O2/c35-26-5-1-24(2-6-26)33-29-19-27(7-10-30(29)39-40-33)38-34(45)25-11-14-41(21-25)22-32(44)43-17-15-42(16-18-43)28-8-3-23(4-9-28)31-20-36-12-13-37-31/h1-10,12-13,19-20,25H,11,14-18,21-22H2,(H,38,45)(H,39,40)/t25-/m1/s1. The number of hydrogen-bond donors (Lipinski definition) is 2. The van der Waals surface area contributed by atoms with Gasteiger partial charge in [0.05, 0.1) is 35.6 Å². The first kappa shape index (κ1) is 28.6. The molecule has 0 saturated carbocycles. The first-order valence-corrected chi connectivity index (χ1v) is 15.2. The summed E-state index contributed by atoms with van der Waals surface area (Å²) >= 11 is 0. The SMILES string of the molecule is O=C(Nc1ccc2[nH]nc(-c3ccc(F)cc3)c2c1)[C@@H]1CCN(CC(=O)N2CCN(c3ccc(-c4cnccn4)cc3)CC2)C1. The molecule has 0 radical (unpaired) electrons. The lowest BCUT2D eigenvalue weighted by atomic mass is 10.1. The number of likely N-dealkylation sites (tertiary alicyclic amines) is 1. The Bertz CT molecular complexity index is 1800. The van der Waals surface area contributed by atoms with Crippen molar-refractivity contribution in [1.82, 2.24) is 30.0 Å². The van der Waals surface area contributed by atoms with E-state index in [2.05, 4.69) is 59.5 Å². The maximum absolute atomic E-state index is 13.4. The highest BCUT2D eigenvalue weighted by atomic mass is 19.1. The number of fused-ring (bicyclic) bond motifs is 1. The number of rotatable bonds is 7. The van der Waals surface area contributed by atoms with Crippen molar-refractivity contribution in [3.63, 3.8) is 0 Å². The average Bonchev–Trinajstić information content (AvgIpc) is 3.73. The Morgan fingerprint density at radius 2 is 1.69 bits per heavy atom. The molecule has 5 aromatic rings. The zero-order valence-corrected chi connectivity index (χ0v) is 24.7. The minimum Gasteiger partial charge on any atom is -0.368 e. The Kier molecular flexibility index (Phi) is 7.91. The summed E-state index contributed by atoms with van der Waals surface area (Å²) in [4.78, 5) is 41.1. The van der Waals surface area contributed by atoms with Gasteiger partial charge < -0.3 is 15.1 Å². The molecular formula is C34H33FN8O2. The predicted molar refractivity (Wildman–Crippen MR) is 171 cm³/mol. The molecule has 0 aliphatic carbocycles. The molecule has 1 atom stereocenters. The molecule has 10 nitrogen and oxygen atoms in total. The monoisotopic (exact) mass is 604 g/mol. The van der Waals surface area contributed by atoms with Crippen molar-refractivity contribution in [3.05, 3.63) is 91.1 Å². The second-order valence-corrected chi connectivity index (χ2v) is 11.6. The van der Waals surface area contributed by atoms with Crippen molar-refractivity contribution in [3.8, 4) is 22.5 Å². The first-order valence-electron chi connectivity index (χ1n) is 15.2. The van der Waals surface area contributed by atoms with E-state index in [1.807, 2.05) is 23.1 Å². The normalized spacial score (nSPS) is 17.1. The molecule has 7 rings (SSSR count). The minimum atomic E-state index is -0.306. The number of aromatic nitrogens is 4. The Balaban J connectivity index is 0.899. The van der Waals surface area contributed by atoms with Crippen LogP contribution in [0.25, 0.3) is 33.4 Å². The number of H-pyrrole nitrogens is 1. The van der Waals surface area contributed by atoms with Crippen LogP contribution < -0.4 is 10.2 Å². The van der Waals surface area contributed by atoms with E-state index in [0.29, 0.717) is 50.5 Å². The topological polar surface area (TPSA) is 110 Å². The van der Waals surface area contributed by atoms with Gasteiger partial charge in [0.2, 0.25) is 11.8 Å². The van der Waals surface area contributed by atoms with Crippen LogP contribution in [0.15, 0.2) is 85.3 Å². The summed E-state index contributed by atoms with van der Waals surface area (Å²) in [5.74, 6) is -0.460. The smallest absolute Gasteiger partial charge is 0.236 e. The van der Waals surface area contributed by atoms with Crippen LogP contribution >= 0.6 is 0 Å². The quantitative estimate of drug-likeness (QED) is 0.283. The van der Waals surface area contributed by atoms with E-state index < -0.39 is 0 Å². The molecule has 45 heavy (non-hydrogen) atoms. The maximum atomic E-state index is 13.4. The van der Waals surface area contributed by atoms with Crippen molar-refractivity contribution >= 4 is 34.1 Å². The van der Waals surface area contributed by atoms with E-state index >= 15 is 0 Å². The lowest BCUT2D eigenvalue weighted by Gasteiger charge is -2.36. The van der Waals surface area contributed by atoms with Crippen molar-refractivity contribution < 1.29 is 14.0 Å². The van der Waals surface area contributed by atoms with Crippen LogP contribution in [0.3, 0.4) is 0 Å². The molecule has 4 heterocycles. The van der Waals surface area contributed by atoms with Crippen molar-refractivity contribution in [2.24, 2.45) is 5.92 Å². The number of piperazine rings is 1. The number of carbonyl (C=O) groups excluding carboxylic acids is 2. The molecular weight excluding hydrogens is 571 g/mol. The van der Waals surface area contributed by atoms with Crippen LogP contribution in [0, 0.1) is 11.7 Å². The van der Waals surface area contributed by atoms with Gasteiger partial charge >= 0.3 is 0 Å². The molecule has 0 spiro atoms. The molecule has 2 N–H and O–H groups in total. The fourth-order valence-corrected chi connectivity index (χ4v) is 6.15. The van der Waals surface area contributed by atoms with Crippen LogP contribution in [0.5, 0.6) is 0 Å². The van der Waals surface area contributed by atoms with Gasteiger partial charge in [-0.3, -0.25) is 29.6 Å². The summed E-state index contributed by atoms with van der Waals surface area (Å²) in [6, 6.07) is 20.1. The number of carbonyl (C=O) groups is 2. The number of halogens is 1. The third kappa shape index (κ3) is 6.25. The third-order valence-electron chi connectivity index (χ3n) is 8.67. The van der Waals surface area contributed by atoms with E-state index in [4.69, 9.17) is 0 Å². The van der Waals surface area contributed by atoms with E-state index in [1.54, 1.807) is 30.7 Å². The Morgan fingerprint density at radius 1 is 0.911 bits per heavy atom. The van der Waals surface area contributed by atoms with Crippen LogP contribution in [0.1, 0.15) is 6.42 Å².